The summed E-state index contributed by atoms with van der Waals surface area (Å²) in [4.78, 5) is 61.9. The van der Waals surface area contributed by atoms with Gasteiger partial charge in [0, 0.05) is 12.8 Å². The third kappa shape index (κ3) is 34.8. The lowest BCUT2D eigenvalue weighted by atomic mass is 9.94. The molecule has 0 saturated heterocycles. The summed E-state index contributed by atoms with van der Waals surface area (Å²) in [7, 11) is 0. The van der Waals surface area contributed by atoms with Crippen LogP contribution in [-0.2, 0) is 42.9 Å². The first-order valence-electron chi connectivity index (χ1n) is 23.4. The van der Waals surface area contributed by atoms with E-state index in [0.29, 0.717) is 51.7 Å². The summed E-state index contributed by atoms with van der Waals surface area (Å²) in [5.41, 5.74) is 0. The van der Waals surface area contributed by atoms with E-state index in [0.717, 1.165) is 64.2 Å². The first-order chi connectivity index (χ1) is 27.3. The number of ketones is 1. The highest BCUT2D eigenvalue weighted by atomic mass is 16.6. The molecular weight excluding hydrogens is 709 g/mol. The molecule has 0 heterocycles. The monoisotopic (exact) mass is 795 g/mol. The third-order valence-electron chi connectivity index (χ3n) is 10.6. The maximum atomic E-state index is 12.8. The van der Waals surface area contributed by atoms with Crippen LogP contribution in [0.2, 0.25) is 0 Å². The molecule has 2 unspecified atom stereocenters. The van der Waals surface area contributed by atoms with Crippen LogP contribution in [0.4, 0.5) is 0 Å². The minimum absolute atomic E-state index is 0.0183. The highest BCUT2D eigenvalue weighted by molar-refractivity contribution is 5.85. The second kappa shape index (κ2) is 40.7. The SMILES string of the molecule is CCCCCCCCC(CCCCCC)C(=O)OCCCCCC(=O)OCC(=O)COC(=O)CCCCCOC(=O)C(CCCCCC)CCCCCCCC. The molecule has 0 bridgehead atoms. The van der Waals surface area contributed by atoms with Gasteiger partial charge in [0.05, 0.1) is 25.0 Å². The van der Waals surface area contributed by atoms with E-state index in [4.69, 9.17) is 18.9 Å². The minimum atomic E-state index is -0.473. The molecule has 328 valence electrons. The van der Waals surface area contributed by atoms with E-state index in [1.807, 2.05) is 0 Å². The molecule has 9 nitrogen and oxygen atoms in total. The summed E-state index contributed by atoms with van der Waals surface area (Å²) in [6.45, 7) is 8.67. The fourth-order valence-corrected chi connectivity index (χ4v) is 6.92. The molecule has 0 amide bonds. The Morgan fingerprint density at radius 1 is 0.339 bits per heavy atom. The van der Waals surface area contributed by atoms with Gasteiger partial charge in [-0.1, -0.05) is 156 Å². The zero-order valence-electron chi connectivity index (χ0n) is 36.8. The fourth-order valence-electron chi connectivity index (χ4n) is 6.92. The zero-order valence-corrected chi connectivity index (χ0v) is 36.8. The third-order valence-corrected chi connectivity index (χ3v) is 10.6. The van der Waals surface area contributed by atoms with E-state index in [1.165, 1.54) is 89.9 Å². The number of hydrogen-bond acceptors (Lipinski definition) is 9. The van der Waals surface area contributed by atoms with E-state index in [9.17, 15) is 24.0 Å². The van der Waals surface area contributed by atoms with Gasteiger partial charge < -0.3 is 18.9 Å². The number of rotatable bonds is 42. The molecule has 2 atom stereocenters. The number of hydrogen-bond donors (Lipinski definition) is 0. The number of Topliss-reactive ketones (excluding diaryl/α,β-unsaturated/α-hetero) is 1. The Morgan fingerprint density at radius 2 is 0.625 bits per heavy atom. The zero-order chi connectivity index (χ0) is 41.3. The van der Waals surface area contributed by atoms with E-state index >= 15 is 0 Å². The van der Waals surface area contributed by atoms with Crippen LogP contribution >= 0.6 is 0 Å². The van der Waals surface area contributed by atoms with Crippen molar-refractivity contribution in [2.75, 3.05) is 26.4 Å². The Hall–Kier alpha value is -2.45. The highest BCUT2D eigenvalue weighted by Gasteiger charge is 2.21. The second-order valence-corrected chi connectivity index (χ2v) is 16.0. The molecule has 0 N–H and O–H groups in total. The van der Waals surface area contributed by atoms with Gasteiger partial charge in [-0.2, -0.15) is 0 Å². The van der Waals surface area contributed by atoms with Crippen molar-refractivity contribution in [2.45, 2.75) is 233 Å². The predicted octanol–water partition coefficient (Wildman–Crippen LogP) is 12.5. The van der Waals surface area contributed by atoms with Crippen LogP contribution in [0.15, 0.2) is 0 Å². The molecule has 0 saturated carbocycles. The van der Waals surface area contributed by atoms with Gasteiger partial charge in [0.2, 0.25) is 5.78 Å². The van der Waals surface area contributed by atoms with Crippen LogP contribution in [0, 0.1) is 11.8 Å². The average Bonchev–Trinajstić information content (AvgIpc) is 3.19. The maximum absolute atomic E-state index is 12.8. The lowest BCUT2D eigenvalue weighted by Crippen LogP contribution is -2.20. The van der Waals surface area contributed by atoms with Gasteiger partial charge in [0.25, 0.3) is 0 Å². The Balaban J connectivity index is 4.09. The van der Waals surface area contributed by atoms with Gasteiger partial charge in [-0.15, -0.1) is 0 Å². The van der Waals surface area contributed by atoms with E-state index in [1.54, 1.807) is 0 Å². The van der Waals surface area contributed by atoms with Crippen LogP contribution < -0.4 is 0 Å². The molecule has 0 radical (unpaired) electrons. The molecule has 0 fully saturated rings. The Kier molecular flexibility index (Phi) is 39.0. The minimum Gasteiger partial charge on any atom is -0.465 e. The first-order valence-corrected chi connectivity index (χ1v) is 23.4. The molecule has 0 aromatic carbocycles. The van der Waals surface area contributed by atoms with Crippen molar-refractivity contribution in [2.24, 2.45) is 11.8 Å². The predicted molar refractivity (Wildman–Crippen MR) is 226 cm³/mol. The maximum Gasteiger partial charge on any atom is 0.308 e. The van der Waals surface area contributed by atoms with Crippen molar-refractivity contribution < 1.29 is 42.9 Å². The summed E-state index contributed by atoms with van der Waals surface area (Å²) < 4.78 is 21.4. The summed E-state index contributed by atoms with van der Waals surface area (Å²) in [5, 5.41) is 0. The molecule has 0 aliphatic heterocycles. The largest absolute Gasteiger partial charge is 0.465 e. The molecule has 0 aromatic rings. The van der Waals surface area contributed by atoms with Crippen LogP contribution in [0.3, 0.4) is 0 Å². The van der Waals surface area contributed by atoms with Gasteiger partial charge in [-0.3, -0.25) is 24.0 Å². The second-order valence-electron chi connectivity index (χ2n) is 16.0. The van der Waals surface area contributed by atoms with Gasteiger partial charge >= 0.3 is 23.9 Å². The van der Waals surface area contributed by atoms with Gasteiger partial charge in [-0.25, -0.2) is 0 Å². The molecule has 0 aliphatic rings. The summed E-state index contributed by atoms with van der Waals surface area (Å²) in [6, 6.07) is 0. The molecule has 0 aromatic heterocycles. The molecule has 9 heteroatoms. The Labute approximate surface area is 343 Å². The number of unbranched alkanes of at least 4 members (excludes halogenated alkanes) is 20. The van der Waals surface area contributed by atoms with Crippen molar-refractivity contribution >= 4 is 29.7 Å². The Morgan fingerprint density at radius 3 is 0.964 bits per heavy atom. The topological polar surface area (TPSA) is 122 Å². The molecule has 0 aliphatic carbocycles. The summed E-state index contributed by atoms with van der Waals surface area (Å²) >= 11 is 0. The van der Waals surface area contributed by atoms with Crippen molar-refractivity contribution in [1.29, 1.82) is 0 Å². The number of ether oxygens (including phenoxy) is 4. The van der Waals surface area contributed by atoms with Crippen molar-refractivity contribution in [3.8, 4) is 0 Å². The highest BCUT2D eigenvalue weighted by Crippen LogP contribution is 2.22. The smallest absolute Gasteiger partial charge is 0.308 e. The van der Waals surface area contributed by atoms with Crippen molar-refractivity contribution in [3.63, 3.8) is 0 Å². The van der Waals surface area contributed by atoms with Gasteiger partial charge in [-0.05, 0) is 64.2 Å². The molecule has 0 spiro atoms. The van der Waals surface area contributed by atoms with E-state index in [-0.39, 0.29) is 36.6 Å². The summed E-state index contributed by atoms with van der Waals surface area (Å²) in [6.07, 6.45) is 31.6. The number of carbonyl (C=O) groups is 5. The molecule has 0 rings (SSSR count). The molecular formula is C47H86O9. The van der Waals surface area contributed by atoms with Crippen molar-refractivity contribution in [1.82, 2.24) is 0 Å². The standard InChI is InChI=1S/C47H86O9/c1-5-9-13-17-19-25-33-41(31-23-15-11-7-3)46(51)53-37-29-21-27-35-44(49)55-39-43(48)40-56-45(50)36-28-22-30-38-54-47(52)42(32-24-16-12-8-4)34-26-20-18-14-10-6-2/h41-42H,5-40H2,1-4H3. The normalized spacial score (nSPS) is 12.2. The van der Waals surface area contributed by atoms with Gasteiger partial charge in [0.15, 0.2) is 13.2 Å². The van der Waals surface area contributed by atoms with E-state index < -0.39 is 30.9 Å². The van der Waals surface area contributed by atoms with Crippen LogP contribution in [-0.4, -0.2) is 56.1 Å². The van der Waals surface area contributed by atoms with Crippen LogP contribution in [0.25, 0.3) is 0 Å². The molecule has 56 heavy (non-hydrogen) atoms. The lowest BCUT2D eigenvalue weighted by molar-refractivity contribution is -0.153. The lowest BCUT2D eigenvalue weighted by Gasteiger charge is -2.16. The fraction of sp³-hybridized carbons (Fsp3) is 0.894. The first kappa shape index (κ1) is 53.6. The van der Waals surface area contributed by atoms with Crippen LogP contribution in [0.5, 0.6) is 0 Å². The van der Waals surface area contributed by atoms with Gasteiger partial charge in [0.1, 0.15) is 0 Å². The summed E-state index contributed by atoms with van der Waals surface area (Å²) in [5.74, 6) is -1.62. The van der Waals surface area contributed by atoms with Crippen molar-refractivity contribution in [3.05, 3.63) is 0 Å². The van der Waals surface area contributed by atoms with E-state index in [2.05, 4.69) is 27.7 Å². The van der Waals surface area contributed by atoms with Crippen LogP contribution in [0.1, 0.15) is 233 Å². The Bertz CT molecular complexity index is 891. The number of carbonyl (C=O) groups excluding carboxylic acids is 5. The quantitative estimate of drug-likeness (QED) is 0.0337. The number of esters is 4. The average molecular weight is 795 g/mol.